The molecule has 0 spiro atoms. The highest BCUT2D eigenvalue weighted by Gasteiger charge is 2.56. The molecule has 2 bridgehead atoms. The predicted octanol–water partition coefficient (Wildman–Crippen LogP) is 4.83. The Morgan fingerprint density at radius 1 is 0.879 bits per heavy atom. The van der Waals surface area contributed by atoms with E-state index in [4.69, 9.17) is 4.74 Å². The number of aryl methyl sites for hydroxylation is 2. The Morgan fingerprint density at radius 2 is 1.52 bits per heavy atom. The number of carbonyl (C=O) groups is 2. The van der Waals surface area contributed by atoms with Gasteiger partial charge in [0.1, 0.15) is 0 Å². The van der Waals surface area contributed by atoms with Crippen molar-refractivity contribution in [3.63, 3.8) is 0 Å². The van der Waals surface area contributed by atoms with Crippen LogP contribution in [0.1, 0.15) is 39.5 Å². The van der Waals surface area contributed by atoms with Crippen LogP contribution in [0.5, 0.6) is 0 Å². The second-order valence-electron chi connectivity index (χ2n) is 8.98. The number of hydrogen-bond donors (Lipinski definition) is 0. The molecule has 0 aromatic heterocycles. The number of esters is 1. The van der Waals surface area contributed by atoms with E-state index in [1.54, 1.807) is 19.1 Å². The van der Waals surface area contributed by atoms with Gasteiger partial charge >= 0.3 is 5.97 Å². The summed E-state index contributed by atoms with van der Waals surface area (Å²) in [5, 5.41) is 0. The van der Waals surface area contributed by atoms with Crippen LogP contribution in [0, 0.1) is 13.8 Å². The summed E-state index contributed by atoms with van der Waals surface area (Å²) in [5.41, 5.74) is 5.49. The van der Waals surface area contributed by atoms with Crippen molar-refractivity contribution in [1.82, 2.24) is 0 Å². The van der Waals surface area contributed by atoms with E-state index in [0.717, 1.165) is 33.6 Å². The Labute approximate surface area is 194 Å². The first kappa shape index (κ1) is 21.3. The molecule has 2 aliphatic rings. The molecule has 5 heteroatoms. The number of fused-ring (bicyclic) bond motifs is 7. The van der Waals surface area contributed by atoms with Crippen LogP contribution in [0.25, 0.3) is 0 Å². The number of nitrogens with zero attached hydrogens (tertiary/aromatic N) is 2. The fourth-order valence-electron chi connectivity index (χ4n) is 5.18. The monoisotopic (exact) mass is 440 g/mol. The maximum atomic E-state index is 14.3. The van der Waals surface area contributed by atoms with Crippen LogP contribution in [0.3, 0.4) is 0 Å². The fourth-order valence-corrected chi connectivity index (χ4v) is 5.18. The average Bonchev–Trinajstić information content (AvgIpc) is 3.03. The summed E-state index contributed by atoms with van der Waals surface area (Å²) in [4.78, 5) is 32.3. The molecule has 0 unspecified atom stereocenters. The highest BCUT2D eigenvalue weighted by atomic mass is 16.5. The number of rotatable bonds is 4. The van der Waals surface area contributed by atoms with Crippen molar-refractivity contribution in [2.45, 2.75) is 39.4 Å². The summed E-state index contributed by atoms with van der Waals surface area (Å²) in [7, 11) is 0. The molecule has 0 amide bonds. The van der Waals surface area contributed by atoms with Gasteiger partial charge in [-0.3, -0.25) is 4.79 Å². The average molecular weight is 441 g/mol. The van der Waals surface area contributed by atoms with Gasteiger partial charge in [0.25, 0.3) is 0 Å². The lowest BCUT2D eigenvalue weighted by Gasteiger charge is -2.40. The van der Waals surface area contributed by atoms with Crippen LogP contribution >= 0.6 is 0 Å². The van der Waals surface area contributed by atoms with Crippen LogP contribution in [0.2, 0.25) is 0 Å². The predicted molar refractivity (Wildman–Crippen MR) is 130 cm³/mol. The molecule has 0 N–H and O–H groups in total. The summed E-state index contributed by atoms with van der Waals surface area (Å²) in [6, 6.07) is 21.7. The molecular weight excluding hydrogens is 412 g/mol. The SMILES string of the molecule is CCOC(=O)[C@@]1(C(=O)c2ccccc2)CN2Cc3cc(C)ccc3N1Cc1cc(C)ccc12. The van der Waals surface area contributed by atoms with Gasteiger partial charge in [0.15, 0.2) is 0 Å². The summed E-state index contributed by atoms with van der Waals surface area (Å²) >= 11 is 0. The Bertz CT molecular complexity index is 1240. The van der Waals surface area contributed by atoms with Crippen molar-refractivity contribution in [2.75, 3.05) is 23.0 Å². The number of hydrogen-bond acceptors (Lipinski definition) is 5. The molecule has 3 aromatic rings. The summed E-state index contributed by atoms with van der Waals surface area (Å²) < 4.78 is 5.62. The third-order valence-electron chi connectivity index (χ3n) is 6.70. The molecule has 168 valence electrons. The number of ether oxygens (including phenoxy) is 1. The minimum atomic E-state index is -1.50. The zero-order valence-electron chi connectivity index (χ0n) is 19.3. The molecule has 33 heavy (non-hydrogen) atoms. The van der Waals surface area contributed by atoms with Crippen molar-refractivity contribution in [1.29, 1.82) is 0 Å². The van der Waals surface area contributed by atoms with E-state index in [9.17, 15) is 9.59 Å². The van der Waals surface area contributed by atoms with Gasteiger partial charge in [-0.2, -0.15) is 0 Å². The molecule has 0 saturated carbocycles. The van der Waals surface area contributed by atoms with Crippen molar-refractivity contribution in [2.24, 2.45) is 0 Å². The quantitative estimate of drug-likeness (QED) is 0.330. The maximum absolute atomic E-state index is 14.3. The van der Waals surface area contributed by atoms with Crippen molar-refractivity contribution >= 4 is 23.1 Å². The van der Waals surface area contributed by atoms with Gasteiger partial charge in [-0.1, -0.05) is 65.7 Å². The largest absolute Gasteiger partial charge is 0.464 e. The minimum Gasteiger partial charge on any atom is -0.464 e. The Kier molecular flexibility index (Phi) is 5.20. The van der Waals surface area contributed by atoms with Crippen molar-refractivity contribution < 1.29 is 14.3 Å². The lowest BCUT2D eigenvalue weighted by atomic mass is 9.86. The van der Waals surface area contributed by atoms with Gasteiger partial charge in [-0.15, -0.1) is 0 Å². The highest BCUT2D eigenvalue weighted by molar-refractivity contribution is 6.20. The zero-order valence-corrected chi connectivity index (χ0v) is 19.3. The fraction of sp³-hybridized carbons (Fsp3) is 0.286. The van der Waals surface area contributed by atoms with Crippen LogP contribution in [0.15, 0.2) is 66.7 Å². The van der Waals surface area contributed by atoms with Crippen LogP contribution in [-0.4, -0.2) is 30.4 Å². The van der Waals surface area contributed by atoms with Crippen LogP contribution in [-0.2, 0) is 22.6 Å². The van der Waals surface area contributed by atoms with E-state index in [0.29, 0.717) is 18.7 Å². The first-order chi connectivity index (χ1) is 15.9. The Morgan fingerprint density at radius 3 is 2.18 bits per heavy atom. The topological polar surface area (TPSA) is 49.9 Å². The van der Waals surface area contributed by atoms with Gasteiger partial charge < -0.3 is 14.5 Å². The molecule has 2 heterocycles. The number of ketones is 1. The van der Waals surface area contributed by atoms with Crippen molar-refractivity contribution in [3.05, 3.63) is 94.5 Å². The number of Topliss-reactive ketones (excluding diaryl/α,β-unsaturated/α-hetero) is 1. The first-order valence-electron chi connectivity index (χ1n) is 11.4. The van der Waals surface area contributed by atoms with Gasteiger partial charge in [0.05, 0.1) is 13.2 Å². The summed E-state index contributed by atoms with van der Waals surface area (Å²) in [5.74, 6) is -0.730. The third-order valence-corrected chi connectivity index (χ3v) is 6.70. The second-order valence-corrected chi connectivity index (χ2v) is 8.98. The molecule has 0 saturated heterocycles. The molecule has 5 rings (SSSR count). The molecule has 1 atom stereocenters. The number of anilines is 2. The zero-order chi connectivity index (χ0) is 23.2. The van der Waals surface area contributed by atoms with E-state index >= 15 is 0 Å². The number of benzene rings is 3. The molecule has 3 aromatic carbocycles. The van der Waals surface area contributed by atoms with E-state index < -0.39 is 11.5 Å². The first-order valence-corrected chi connectivity index (χ1v) is 11.4. The van der Waals surface area contributed by atoms with Gasteiger partial charge in [0, 0.05) is 30.0 Å². The standard InChI is InChI=1S/C28H28N2O3/c1-4-33-27(32)28(26(31)21-8-6-5-7-9-21)18-29-16-22-14-20(3)11-13-25(22)30(28)17-23-15-19(2)10-12-24(23)29/h5-15H,4,16-18H2,1-3H3/t28-/m0/s1. The van der Waals surface area contributed by atoms with E-state index in [-0.39, 0.29) is 18.9 Å². The third kappa shape index (κ3) is 3.39. The molecule has 2 aliphatic heterocycles. The highest BCUT2D eigenvalue weighted by Crippen LogP contribution is 2.43. The minimum absolute atomic E-state index is 0.212. The summed E-state index contributed by atoms with van der Waals surface area (Å²) in [6.07, 6.45) is 0. The van der Waals surface area contributed by atoms with Crippen molar-refractivity contribution in [3.8, 4) is 0 Å². The molecule has 5 nitrogen and oxygen atoms in total. The lowest BCUT2D eigenvalue weighted by Crippen LogP contribution is -2.64. The molecule has 0 radical (unpaired) electrons. The van der Waals surface area contributed by atoms with Crippen LogP contribution in [0.4, 0.5) is 11.4 Å². The Hall–Kier alpha value is -3.60. The second kappa shape index (κ2) is 8.07. The Balaban J connectivity index is 1.79. The van der Waals surface area contributed by atoms with E-state index in [2.05, 4.69) is 43.0 Å². The van der Waals surface area contributed by atoms with Gasteiger partial charge in [0.2, 0.25) is 11.3 Å². The smallest absolute Gasteiger partial charge is 0.342 e. The van der Waals surface area contributed by atoms with E-state index in [1.807, 2.05) is 35.2 Å². The van der Waals surface area contributed by atoms with Crippen LogP contribution < -0.4 is 9.80 Å². The van der Waals surface area contributed by atoms with Gasteiger partial charge in [-0.05, 0) is 44.0 Å². The maximum Gasteiger partial charge on any atom is 0.342 e. The normalized spacial score (nSPS) is 18.8. The molecule has 0 fully saturated rings. The van der Waals surface area contributed by atoms with Gasteiger partial charge in [-0.25, -0.2) is 4.79 Å². The molecule has 0 aliphatic carbocycles. The summed E-state index contributed by atoms with van der Waals surface area (Å²) in [6.45, 7) is 7.42. The number of carbonyl (C=O) groups excluding carboxylic acids is 2. The van der Waals surface area contributed by atoms with E-state index in [1.165, 1.54) is 0 Å². The molecular formula is C28H28N2O3. The lowest BCUT2D eigenvalue weighted by molar-refractivity contribution is -0.147.